The van der Waals surface area contributed by atoms with Crippen LogP contribution in [0, 0.1) is 17.3 Å². The van der Waals surface area contributed by atoms with Crippen LogP contribution in [0.1, 0.15) is 32.1 Å². The van der Waals surface area contributed by atoms with Crippen molar-refractivity contribution in [1.29, 1.82) is 0 Å². The van der Waals surface area contributed by atoms with Crippen LogP contribution in [0.5, 0.6) is 0 Å². The SMILES string of the molecule is NC[C@@]1(COC(O)O)C[C@H]2CCCC[C@H]21. The van der Waals surface area contributed by atoms with E-state index in [2.05, 4.69) is 0 Å². The van der Waals surface area contributed by atoms with Crippen molar-refractivity contribution in [3.8, 4) is 0 Å². The molecule has 0 bridgehead atoms. The predicted molar refractivity (Wildman–Crippen MR) is 55.7 cm³/mol. The molecule has 0 aromatic rings. The fraction of sp³-hybridized carbons (Fsp3) is 1.00. The number of fused-ring (bicyclic) bond motifs is 1. The first-order valence-electron chi connectivity index (χ1n) is 5.86. The van der Waals surface area contributed by atoms with E-state index >= 15 is 0 Å². The number of aliphatic hydroxyl groups is 2. The van der Waals surface area contributed by atoms with Gasteiger partial charge < -0.3 is 20.7 Å². The van der Waals surface area contributed by atoms with Gasteiger partial charge in [-0.05, 0) is 24.7 Å². The Hall–Kier alpha value is -0.160. The van der Waals surface area contributed by atoms with Gasteiger partial charge in [0.05, 0.1) is 6.61 Å². The Morgan fingerprint density at radius 2 is 2.07 bits per heavy atom. The molecule has 2 aliphatic rings. The third-order valence-electron chi connectivity index (χ3n) is 4.29. The van der Waals surface area contributed by atoms with E-state index in [1.54, 1.807) is 0 Å². The molecule has 0 radical (unpaired) electrons. The Morgan fingerprint density at radius 1 is 1.33 bits per heavy atom. The molecule has 0 spiro atoms. The molecule has 15 heavy (non-hydrogen) atoms. The first-order chi connectivity index (χ1) is 7.18. The summed E-state index contributed by atoms with van der Waals surface area (Å²) in [5.74, 6) is 1.46. The van der Waals surface area contributed by atoms with Gasteiger partial charge in [0.2, 0.25) is 0 Å². The zero-order valence-corrected chi connectivity index (χ0v) is 9.06. The van der Waals surface area contributed by atoms with E-state index in [-0.39, 0.29) is 5.41 Å². The summed E-state index contributed by atoms with van der Waals surface area (Å²) >= 11 is 0. The van der Waals surface area contributed by atoms with Crippen molar-refractivity contribution in [2.45, 2.75) is 38.6 Å². The van der Waals surface area contributed by atoms with E-state index in [9.17, 15) is 0 Å². The van der Waals surface area contributed by atoms with Crippen molar-refractivity contribution in [1.82, 2.24) is 0 Å². The molecule has 4 nitrogen and oxygen atoms in total. The van der Waals surface area contributed by atoms with Crippen molar-refractivity contribution in [3.05, 3.63) is 0 Å². The molecule has 3 atom stereocenters. The lowest BCUT2D eigenvalue weighted by molar-refractivity contribution is -0.262. The Labute approximate surface area is 90.4 Å². The highest BCUT2D eigenvalue weighted by molar-refractivity contribution is 5.03. The smallest absolute Gasteiger partial charge is 0.266 e. The lowest BCUT2D eigenvalue weighted by atomic mass is 9.49. The van der Waals surface area contributed by atoms with Crippen LogP contribution in [0.25, 0.3) is 0 Å². The Morgan fingerprint density at radius 3 is 2.67 bits per heavy atom. The lowest BCUT2D eigenvalue weighted by Crippen LogP contribution is -2.56. The van der Waals surface area contributed by atoms with Gasteiger partial charge in [0.15, 0.2) is 0 Å². The Balaban J connectivity index is 1.92. The van der Waals surface area contributed by atoms with Crippen LogP contribution >= 0.6 is 0 Å². The number of hydrogen-bond donors (Lipinski definition) is 3. The molecule has 0 aromatic heterocycles. The summed E-state index contributed by atoms with van der Waals surface area (Å²) in [7, 11) is 0. The summed E-state index contributed by atoms with van der Waals surface area (Å²) in [6.45, 7) is -0.667. The lowest BCUT2D eigenvalue weighted by Gasteiger charge is -2.57. The minimum atomic E-state index is -1.66. The first kappa shape index (κ1) is 11.3. The number of aliphatic hydroxyl groups excluding tert-OH is 1. The van der Waals surface area contributed by atoms with E-state index in [4.69, 9.17) is 20.7 Å². The molecule has 0 heterocycles. The molecular weight excluding hydrogens is 194 g/mol. The zero-order chi connectivity index (χ0) is 10.9. The molecule has 0 aliphatic heterocycles. The number of ether oxygens (including phenoxy) is 1. The fourth-order valence-corrected chi connectivity index (χ4v) is 3.47. The molecule has 2 fully saturated rings. The molecule has 2 rings (SSSR count). The molecule has 0 amide bonds. The third-order valence-corrected chi connectivity index (χ3v) is 4.29. The summed E-state index contributed by atoms with van der Waals surface area (Å²) in [4.78, 5) is 0. The Bertz CT molecular complexity index is 222. The van der Waals surface area contributed by atoms with Gasteiger partial charge in [-0.1, -0.05) is 19.3 Å². The van der Waals surface area contributed by atoms with E-state index in [1.165, 1.54) is 25.7 Å². The predicted octanol–water partition coefficient (Wildman–Crippen LogP) is 0.426. The van der Waals surface area contributed by atoms with Gasteiger partial charge in [-0.3, -0.25) is 0 Å². The molecule has 4 N–H and O–H groups in total. The first-order valence-corrected chi connectivity index (χ1v) is 5.86. The molecule has 2 aliphatic carbocycles. The highest BCUT2D eigenvalue weighted by Crippen LogP contribution is 2.57. The Kier molecular flexibility index (Phi) is 3.30. The number of rotatable bonds is 4. The molecule has 4 heteroatoms. The second-order valence-electron chi connectivity index (χ2n) is 5.06. The van der Waals surface area contributed by atoms with Crippen molar-refractivity contribution in [3.63, 3.8) is 0 Å². The molecule has 2 saturated carbocycles. The van der Waals surface area contributed by atoms with Gasteiger partial charge in [-0.15, -0.1) is 0 Å². The molecule has 88 valence electrons. The largest absolute Gasteiger partial charge is 0.346 e. The maximum absolute atomic E-state index is 8.72. The van der Waals surface area contributed by atoms with Crippen LogP contribution in [-0.2, 0) is 4.74 Å². The average molecular weight is 215 g/mol. The summed E-state index contributed by atoms with van der Waals surface area (Å²) in [5.41, 5.74) is 5.84. The minimum Gasteiger partial charge on any atom is -0.346 e. The van der Waals surface area contributed by atoms with Crippen LogP contribution in [0.3, 0.4) is 0 Å². The van der Waals surface area contributed by atoms with Gasteiger partial charge >= 0.3 is 0 Å². The van der Waals surface area contributed by atoms with Crippen LogP contribution in [0.2, 0.25) is 0 Å². The monoisotopic (exact) mass is 215 g/mol. The van der Waals surface area contributed by atoms with Gasteiger partial charge in [-0.25, -0.2) is 0 Å². The van der Waals surface area contributed by atoms with Crippen LogP contribution in [-0.4, -0.2) is 29.8 Å². The van der Waals surface area contributed by atoms with E-state index in [1.807, 2.05) is 0 Å². The minimum absolute atomic E-state index is 0.0226. The second-order valence-corrected chi connectivity index (χ2v) is 5.06. The highest BCUT2D eigenvalue weighted by atomic mass is 16.7. The maximum Gasteiger partial charge on any atom is 0.266 e. The van der Waals surface area contributed by atoms with Gasteiger partial charge in [0.25, 0.3) is 6.48 Å². The number of nitrogens with two attached hydrogens (primary N) is 1. The molecule has 0 saturated heterocycles. The number of hydrogen-bond acceptors (Lipinski definition) is 4. The van der Waals surface area contributed by atoms with Crippen molar-refractivity contribution in [2.24, 2.45) is 23.0 Å². The van der Waals surface area contributed by atoms with Crippen LogP contribution in [0.15, 0.2) is 0 Å². The molecule has 0 aromatic carbocycles. The highest BCUT2D eigenvalue weighted by Gasteiger charge is 2.53. The third kappa shape index (κ3) is 2.04. The van der Waals surface area contributed by atoms with Gasteiger partial charge in [-0.2, -0.15) is 0 Å². The van der Waals surface area contributed by atoms with Crippen molar-refractivity contribution < 1.29 is 14.9 Å². The fourth-order valence-electron chi connectivity index (χ4n) is 3.47. The average Bonchev–Trinajstić information content (AvgIpc) is 2.20. The van der Waals surface area contributed by atoms with Gasteiger partial charge in [0.1, 0.15) is 0 Å². The summed E-state index contributed by atoms with van der Waals surface area (Å²) in [6.07, 6.45) is 6.26. The van der Waals surface area contributed by atoms with E-state index in [0.29, 0.717) is 19.1 Å². The molecular formula is C11H21NO3. The standard InChI is InChI=1S/C11H21NO3/c12-6-11(7-15-10(13)14)5-8-3-1-2-4-9(8)11/h8-10,13-14H,1-7,12H2/t8-,9-,11-/m1/s1. The summed E-state index contributed by atoms with van der Waals surface area (Å²) in [5, 5.41) is 17.4. The summed E-state index contributed by atoms with van der Waals surface area (Å²) in [6, 6.07) is 0. The van der Waals surface area contributed by atoms with Crippen LogP contribution < -0.4 is 5.73 Å². The normalized spacial score (nSPS) is 40.0. The topological polar surface area (TPSA) is 75.7 Å². The summed E-state index contributed by atoms with van der Waals surface area (Å²) < 4.78 is 4.92. The second kappa shape index (κ2) is 4.37. The maximum atomic E-state index is 8.72. The van der Waals surface area contributed by atoms with Crippen molar-refractivity contribution >= 4 is 0 Å². The zero-order valence-electron chi connectivity index (χ0n) is 9.06. The van der Waals surface area contributed by atoms with Crippen LogP contribution in [0.4, 0.5) is 0 Å². The van der Waals surface area contributed by atoms with Gasteiger partial charge in [0, 0.05) is 12.0 Å². The van der Waals surface area contributed by atoms with Crippen molar-refractivity contribution in [2.75, 3.05) is 13.2 Å². The molecule has 0 unspecified atom stereocenters. The van der Waals surface area contributed by atoms with E-state index < -0.39 is 6.48 Å². The quantitative estimate of drug-likeness (QED) is 0.594. The van der Waals surface area contributed by atoms with E-state index in [0.717, 1.165) is 12.3 Å².